The number of ketones is 2. The van der Waals surface area contributed by atoms with Gasteiger partial charge in [0.05, 0.1) is 18.2 Å². The van der Waals surface area contributed by atoms with Gasteiger partial charge < -0.3 is 30.5 Å². The predicted molar refractivity (Wildman–Crippen MR) is 137 cm³/mol. The first-order valence-corrected chi connectivity index (χ1v) is 12.7. The van der Waals surface area contributed by atoms with Crippen LogP contribution in [0.4, 0.5) is 0 Å². The van der Waals surface area contributed by atoms with Gasteiger partial charge in [-0.3, -0.25) is 19.3 Å². The molecule has 3 aliphatic carbocycles. The first kappa shape index (κ1) is 27.1. The summed E-state index contributed by atoms with van der Waals surface area (Å²) < 4.78 is 11.3. The lowest BCUT2D eigenvalue weighted by atomic mass is 9.57. The molecule has 0 heterocycles. The van der Waals surface area contributed by atoms with Crippen molar-refractivity contribution in [3.05, 3.63) is 43.7 Å². The largest absolute Gasteiger partial charge is 0.507 e. The second kappa shape index (κ2) is 9.72. The Labute approximate surface area is 226 Å². The van der Waals surface area contributed by atoms with Crippen molar-refractivity contribution in [3.63, 3.8) is 0 Å². The third kappa shape index (κ3) is 4.10. The number of primary amides is 1. The number of rotatable bonds is 6. The predicted octanol–water partition coefficient (Wildman–Crippen LogP) is 0.590. The SMILES string of the molecule is CCOC(=O)COC1=C(C(N)=O)C(=O)[C@@]2(O)C(=O)C3=C(O)c4c(O)ccc(I)c4C[C@H]3C[C@H]2[C@@H]1N(C)C. The zero-order valence-corrected chi connectivity index (χ0v) is 22.6. The number of halogens is 1. The van der Waals surface area contributed by atoms with E-state index in [4.69, 9.17) is 15.2 Å². The number of hydrogen-bond acceptors (Lipinski definition) is 10. The van der Waals surface area contributed by atoms with E-state index in [1.165, 1.54) is 6.07 Å². The second-order valence-electron chi connectivity index (χ2n) is 9.46. The molecule has 11 nitrogen and oxygen atoms in total. The van der Waals surface area contributed by atoms with Gasteiger partial charge in [-0.05, 0) is 80.1 Å². The number of likely N-dealkylation sites (N-methyl/N-ethyl adjacent to an activating group) is 1. The molecule has 1 amide bonds. The number of aliphatic hydroxyl groups is 2. The van der Waals surface area contributed by atoms with Crippen LogP contribution in [0.15, 0.2) is 29.0 Å². The highest BCUT2D eigenvalue weighted by molar-refractivity contribution is 14.1. The lowest BCUT2D eigenvalue weighted by Gasteiger charge is -2.50. The number of aliphatic hydroxyl groups excluding tert-OH is 1. The molecular weight excluding hydrogens is 599 g/mol. The van der Waals surface area contributed by atoms with E-state index in [9.17, 15) is 34.5 Å². The molecule has 1 aromatic carbocycles. The van der Waals surface area contributed by atoms with Crippen LogP contribution in [0, 0.1) is 15.4 Å². The molecule has 4 atom stereocenters. The highest BCUT2D eigenvalue weighted by atomic mass is 127. The van der Waals surface area contributed by atoms with Gasteiger partial charge in [0.25, 0.3) is 5.91 Å². The number of carbonyl (C=O) groups excluding carboxylic acids is 4. The standard InChI is InChI=1S/C25H27IN2O9/c1-4-36-15(30)9-37-21-18(24(27)34)23(33)25(35)12(19(21)28(2)3)8-10-7-11-13(26)5-6-14(29)17(11)20(31)16(10)22(25)32/h5-6,10,12,19,29,31,35H,4,7-9H2,1-3H3,(H2,27,34)/t10-,12-,19-,25-/m0/s1. The molecule has 1 aromatic rings. The number of hydrogen-bond donors (Lipinski definition) is 4. The molecule has 5 N–H and O–H groups in total. The van der Waals surface area contributed by atoms with Crippen LogP contribution in [-0.2, 0) is 35.1 Å². The number of ether oxygens (including phenoxy) is 2. The fourth-order valence-corrected chi connectivity index (χ4v) is 6.35. The lowest BCUT2D eigenvalue weighted by molar-refractivity contribution is -0.164. The fraction of sp³-hybridized carbons (Fsp3) is 0.440. The molecule has 3 aliphatic rings. The van der Waals surface area contributed by atoms with Gasteiger partial charge in [-0.1, -0.05) is 0 Å². The fourth-order valence-electron chi connectivity index (χ4n) is 5.68. The molecule has 0 aliphatic heterocycles. The number of nitrogens with two attached hydrogens (primary N) is 1. The van der Waals surface area contributed by atoms with Gasteiger partial charge in [0.1, 0.15) is 22.8 Å². The Kier molecular flexibility index (Phi) is 7.12. The molecule has 4 rings (SSSR count). The Morgan fingerprint density at radius 3 is 2.49 bits per heavy atom. The minimum Gasteiger partial charge on any atom is -0.507 e. The lowest BCUT2D eigenvalue weighted by Crippen LogP contribution is -2.67. The third-order valence-corrected chi connectivity index (χ3v) is 8.18. The topological polar surface area (TPSA) is 177 Å². The Balaban J connectivity index is 1.89. The maximum absolute atomic E-state index is 13.9. The molecule has 0 bridgehead atoms. The number of carbonyl (C=O) groups is 4. The van der Waals surface area contributed by atoms with Gasteiger partial charge in [0.15, 0.2) is 12.2 Å². The van der Waals surface area contributed by atoms with Crippen molar-refractivity contribution in [1.82, 2.24) is 4.90 Å². The summed E-state index contributed by atoms with van der Waals surface area (Å²) in [4.78, 5) is 53.5. The summed E-state index contributed by atoms with van der Waals surface area (Å²) in [5, 5.41) is 33.3. The van der Waals surface area contributed by atoms with Crippen molar-refractivity contribution < 1.29 is 44.0 Å². The Morgan fingerprint density at radius 1 is 1.22 bits per heavy atom. The third-order valence-electron chi connectivity index (χ3n) is 7.17. The Hall–Kier alpha value is -2.97. The van der Waals surface area contributed by atoms with Crippen LogP contribution in [0.1, 0.15) is 24.5 Å². The van der Waals surface area contributed by atoms with Crippen LogP contribution >= 0.6 is 22.6 Å². The van der Waals surface area contributed by atoms with Crippen molar-refractivity contribution in [2.24, 2.45) is 17.6 Å². The van der Waals surface area contributed by atoms with Crippen LogP contribution in [0.3, 0.4) is 0 Å². The van der Waals surface area contributed by atoms with Crippen LogP contribution in [-0.4, -0.2) is 82.6 Å². The first-order valence-electron chi connectivity index (χ1n) is 11.6. The summed E-state index contributed by atoms with van der Waals surface area (Å²) in [6.07, 6.45) is 0.319. The van der Waals surface area contributed by atoms with Crippen LogP contribution in [0.2, 0.25) is 0 Å². The summed E-state index contributed by atoms with van der Waals surface area (Å²) in [6, 6.07) is 2.08. The summed E-state index contributed by atoms with van der Waals surface area (Å²) in [5.74, 6) is -6.97. The minimum atomic E-state index is -2.73. The van der Waals surface area contributed by atoms with Crippen molar-refractivity contribution in [2.45, 2.75) is 31.4 Å². The molecule has 0 radical (unpaired) electrons. The highest BCUT2D eigenvalue weighted by Gasteiger charge is 2.65. The zero-order chi connectivity index (χ0) is 27.4. The number of phenols is 1. The van der Waals surface area contributed by atoms with E-state index in [2.05, 4.69) is 22.6 Å². The van der Waals surface area contributed by atoms with E-state index in [-0.39, 0.29) is 42.1 Å². The molecule has 0 spiro atoms. The number of fused-ring (bicyclic) bond motifs is 3. The maximum Gasteiger partial charge on any atom is 0.344 e. The molecule has 12 heteroatoms. The highest BCUT2D eigenvalue weighted by Crippen LogP contribution is 2.52. The molecule has 0 unspecified atom stereocenters. The minimum absolute atomic E-state index is 0.0553. The van der Waals surface area contributed by atoms with Crippen molar-refractivity contribution in [3.8, 4) is 5.75 Å². The number of Topliss-reactive ketones (excluding diaryl/α,β-unsaturated/α-hetero) is 2. The number of esters is 1. The van der Waals surface area contributed by atoms with Gasteiger partial charge in [-0.25, -0.2) is 4.79 Å². The van der Waals surface area contributed by atoms with Crippen LogP contribution < -0.4 is 5.73 Å². The number of amides is 1. The van der Waals surface area contributed by atoms with Crippen LogP contribution in [0.5, 0.6) is 5.75 Å². The number of aromatic hydroxyl groups is 1. The quantitative estimate of drug-likeness (QED) is 0.151. The monoisotopic (exact) mass is 626 g/mol. The summed E-state index contributed by atoms with van der Waals surface area (Å²) in [7, 11) is 3.22. The van der Waals surface area contributed by atoms with E-state index >= 15 is 0 Å². The van der Waals surface area contributed by atoms with Crippen molar-refractivity contribution >= 4 is 51.8 Å². The molecular formula is C25H27IN2O9. The van der Waals surface area contributed by atoms with E-state index in [1.807, 2.05) is 0 Å². The van der Waals surface area contributed by atoms with E-state index < -0.39 is 64.9 Å². The smallest absolute Gasteiger partial charge is 0.344 e. The summed E-state index contributed by atoms with van der Waals surface area (Å²) in [6.45, 7) is 1.08. The van der Waals surface area contributed by atoms with E-state index in [0.29, 0.717) is 5.56 Å². The summed E-state index contributed by atoms with van der Waals surface area (Å²) in [5.41, 5.74) is 2.57. The molecule has 1 saturated carbocycles. The molecule has 1 fully saturated rings. The second-order valence-corrected chi connectivity index (χ2v) is 10.6. The van der Waals surface area contributed by atoms with Gasteiger partial charge >= 0.3 is 5.97 Å². The Bertz CT molecular complexity index is 1280. The molecule has 0 saturated heterocycles. The van der Waals surface area contributed by atoms with E-state index in [1.54, 1.807) is 32.0 Å². The van der Waals surface area contributed by atoms with Gasteiger partial charge in [-0.15, -0.1) is 0 Å². The average Bonchev–Trinajstić information content (AvgIpc) is 2.81. The van der Waals surface area contributed by atoms with Gasteiger partial charge in [0, 0.05) is 15.1 Å². The summed E-state index contributed by atoms with van der Waals surface area (Å²) >= 11 is 2.07. The first-order chi connectivity index (χ1) is 17.4. The number of benzene rings is 1. The van der Waals surface area contributed by atoms with Crippen molar-refractivity contribution in [1.29, 1.82) is 0 Å². The molecule has 0 aromatic heterocycles. The van der Waals surface area contributed by atoms with Crippen molar-refractivity contribution in [2.75, 3.05) is 27.3 Å². The molecule has 198 valence electrons. The molecule has 37 heavy (non-hydrogen) atoms. The zero-order valence-electron chi connectivity index (χ0n) is 20.4. The van der Waals surface area contributed by atoms with Gasteiger partial charge in [0.2, 0.25) is 11.6 Å². The normalized spacial score (nSPS) is 27.0. The number of nitrogens with zero attached hydrogens (tertiary/aromatic N) is 1. The van der Waals surface area contributed by atoms with Gasteiger partial charge in [-0.2, -0.15) is 0 Å². The average molecular weight is 626 g/mol. The number of phenolic OH excluding ortho intramolecular Hbond substituents is 1. The van der Waals surface area contributed by atoms with Crippen LogP contribution in [0.25, 0.3) is 5.76 Å². The maximum atomic E-state index is 13.9. The Morgan fingerprint density at radius 2 is 1.89 bits per heavy atom. The van der Waals surface area contributed by atoms with E-state index in [0.717, 1.165) is 3.57 Å².